The Hall–Kier alpha value is -1.09. The van der Waals surface area contributed by atoms with Crippen LogP contribution in [-0.2, 0) is 4.74 Å². The van der Waals surface area contributed by atoms with Crippen LogP contribution in [0.4, 0.5) is 0 Å². The molecule has 0 radical (unpaired) electrons. The average Bonchev–Trinajstić information content (AvgIpc) is 2.19. The first kappa shape index (κ1) is 11.0. The fourth-order valence-electron chi connectivity index (χ4n) is 1.55. The van der Waals surface area contributed by atoms with Gasteiger partial charge in [-0.1, -0.05) is 13.8 Å². The van der Waals surface area contributed by atoms with E-state index in [1.165, 1.54) is 0 Å². The van der Waals surface area contributed by atoms with Crippen LogP contribution in [0.15, 0.2) is 24.5 Å². The van der Waals surface area contributed by atoms with Crippen LogP contribution in [0.3, 0.4) is 0 Å². The molecule has 0 N–H and O–H groups in total. The summed E-state index contributed by atoms with van der Waals surface area (Å²) in [4.78, 5) is 5.09. The molecule has 1 aromatic rings. The maximum absolute atomic E-state index is 5.43. The van der Waals surface area contributed by atoms with Crippen molar-refractivity contribution in [3.8, 4) is 0 Å². The summed E-state index contributed by atoms with van der Waals surface area (Å²) in [7, 11) is 3.37. The van der Waals surface area contributed by atoms with E-state index in [2.05, 4.69) is 13.8 Å². The van der Waals surface area contributed by atoms with E-state index in [0.29, 0.717) is 5.92 Å². The van der Waals surface area contributed by atoms with E-state index >= 15 is 0 Å². The maximum Gasteiger partial charge on any atom is 0.228 e. The minimum absolute atomic E-state index is 0.123. The zero-order chi connectivity index (χ0) is 10.6. The summed E-state index contributed by atoms with van der Waals surface area (Å²) >= 11 is 0. The van der Waals surface area contributed by atoms with Crippen molar-refractivity contribution in [2.24, 2.45) is 5.92 Å². The summed E-state index contributed by atoms with van der Waals surface area (Å²) in [5, 5.41) is 0. The topological polar surface area (TPSA) is 22.3 Å². The molecule has 0 saturated heterocycles. The third-order valence-electron chi connectivity index (χ3n) is 2.20. The zero-order valence-electron chi connectivity index (χ0n) is 9.23. The van der Waals surface area contributed by atoms with Crippen molar-refractivity contribution in [1.82, 2.24) is 0 Å². The third kappa shape index (κ3) is 2.45. The van der Waals surface area contributed by atoms with E-state index in [9.17, 15) is 0 Å². The van der Waals surface area contributed by atoms with Crippen LogP contribution < -0.4 is 9.57 Å². The van der Waals surface area contributed by atoms with Crippen LogP contribution in [0.2, 0.25) is 0 Å². The van der Waals surface area contributed by atoms with Gasteiger partial charge in [0, 0.05) is 23.5 Å². The Balaban J connectivity index is 2.92. The van der Waals surface area contributed by atoms with Crippen LogP contribution in [0.25, 0.3) is 0 Å². The average molecular weight is 196 g/mol. The highest BCUT2D eigenvalue weighted by atomic mass is 16.6. The molecule has 0 aliphatic rings. The summed E-state index contributed by atoms with van der Waals surface area (Å²) in [5.41, 5.74) is 1.13. The Morgan fingerprint density at radius 3 is 2.50 bits per heavy atom. The Labute approximate surface area is 85.2 Å². The van der Waals surface area contributed by atoms with Crippen LogP contribution >= 0.6 is 0 Å². The van der Waals surface area contributed by atoms with Gasteiger partial charge in [0.2, 0.25) is 12.4 Å². The van der Waals surface area contributed by atoms with Crippen LogP contribution in [0.1, 0.15) is 25.5 Å². The van der Waals surface area contributed by atoms with Crippen molar-refractivity contribution >= 4 is 0 Å². The molecular weight excluding hydrogens is 178 g/mol. The Morgan fingerprint density at radius 2 is 2.00 bits per heavy atom. The molecule has 3 heteroatoms. The van der Waals surface area contributed by atoms with Crippen molar-refractivity contribution in [3.63, 3.8) is 0 Å². The number of pyridine rings is 1. The molecule has 0 fully saturated rings. The van der Waals surface area contributed by atoms with Crippen molar-refractivity contribution in [2.75, 3.05) is 14.2 Å². The van der Waals surface area contributed by atoms with Crippen LogP contribution in [-0.4, -0.2) is 14.2 Å². The Kier molecular flexibility index (Phi) is 3.89. The Bertz CT molecular complexity index is 286. The van der Waals surface area contributed by atoms with Crippen molar-refractivity contribution < 1.29 is 14.3 Å². The van der Waals surface area contributed by atoms with Crippen LogP contribution in [0.5, 0.6) is 0 Å². The van der Waals surface area contributed by atoms with E-state index in [4.69, 9.17) is 9.57 Å². The van der Waals surface area contributed by atoms with Crippen LogP contribution in [0, 0.1) is 5.92 Å². The minimum Gasteiger partial charge on any atom is -0.376 e. The predicted octanol–water partition coefficient (Wildman–Crippen LogP) is 1.38. The largest absolute Gasteiger partial charge is 0.376 e. The number of hydrogen-bond donors (Lipinski definition) is 0. The molecule has 1 atom stereocenters. The zero-order valence-corrected chi connectivity index (χ0v) is 9.23. The standard InChI is InChI=1S/C11H18NO2/c1-9(2)11(13-3)10-6-5-7-12(8-10)14-4/h5-9,11H,1-4H3/q+1. The number of ether oxygens (including phenoxy) is 1. The second-order valence-corrected chi connectivity index (χ2v) is 3.58. The van der Waals surface area contributed by atoms with Gasteiger partial charge in [-0.25, -0.2) is 0 Å². The highest BCUT2D eigenvalue weighted by molar-refractivity contribution is 5.09. The predicted molar refractivity (Wildman–Crippen MR) is 53.7 cm³/mol. The molecule has 0 amide bonds. The molecule has 78 valence electrons. The highest BCUT2D eigenvalue weighted by Crippen LogP contribution is 2.23. The first-order valence-electron chi connectivity index (χ1n) is 4.77. The van der Waals surface area contributed by atoms with E-state index in [0.717, 1.165) is 5.56 Å². The molecule has 0 aromatic carbocycles. The molecular formula is C11H18NO2+. The number of methoxy groups -OCH3 is 1. The Morgan fingerprint density at radius 1 is 1.29 bits per heavy atom. The first-order valence-corrected chi connectivity index (χ1v) is 4.77. The molecule has 14 heavy (non-hydrogen) atoms. The molecule has 1 aromatic heterocycles. The SMILES string of the molecule is COC(c1ccc[n+](OC)c1)C(C)C. The van der Waals surface area contributed by atoms with Gasteiger partial charge in [-0.15, -0.1) is 0 Å². The summed E-state index contributed by atoms with van der Waals surface area (Å²) < 4.78 is 7.10. The number of hydrogen-bond acceptors (Lipinski definition) is 2. The molecule has 0 spiro atoms. The minimum atomic E-state index is 0.123. The molecule has 0 aliphatic carbocycles. The monoisotopic (exact) mass is 196 g/mol. The van der Waals surface area contributed by atoms with Gasteiger partial charge in [0.05, 0.1) is 6.10 Å². The van der Waals surface area contributed by atoms with E-state index in [1.807, 2.05) is 24.5 Å². The van der Waals surface area contributed by atoms with Gasteiger partial charge in [0.1, 0.15) is 7.11 Å². The molecule has 3 nitrogen and oxygen atoms in total. The van der Waals surface area contributed by atoms with E-state index in [1.54, 1.807) is 19.0 Å². The molecule has 1 heterocycles. The molecule has 0 saturated carbocycles. The molecule has 1 rings (SSSR count). The number of rotatable bonds is 4. The lowest BCUT2D eigenvalue weighted by molar-refractivity contribution is -0.885. The fraction of sp³-hybridized carbons (Fsp3) is 0.545. The van der Waals surface area contributed by atoms with Gasteiger partial charge in [-0.05, 0) is 12.0 Å². The third-order valence-corrected chi connectivity index (χ3v) is 2.20. The number of nitrogens with zero attached hydrogens (tertiary/aromatic N) is 1. The molecule has 0 bridgehead atoms. The van der Waals surface area contributed by atoms with Gasteiger partial charge in [0.25, 0.3) is 0 Å². The maximum atomic E-state index is 5.43. The fourth-order valence-corrected chi connectivity index (χ4v) is 1.55. The van der Waals surface area contributed by atoms with Gasteiger partial charge in [0.15, 0.2) is 0 Å². The van der Waals surface area contributed by atoms with Gasteiger partial charge in [-0.3, -0.25) is 4.84 Å². The smallest absolute Gasteiger partial charge is 0.228 e. The number of aromatic nitrogens is 1. The molecule has 0 aliphatic heterocycles. The molecule has 1 unspecified atom stereocenters. The summed E-state index contributed by atoms with van der Waals surface area (Å²) in [5.74, 6) is 0.452. The van der Waals surface area contributed by atoms with Crippen molar-refractivity contribution in [3.05, 3.63) is 30.1 Å². The lowest BCUT2D eigenvalue weighted by Crippen LogP contribution is -2.40. The van der Waals surface area contributed by atoms with E-state index < -0.39 is 0 Å². The summed E-state index contributed by atoms with van der Waals surface area (Å²) in [6.45, 7) is 4.27. The highest BCUT2D eigenvalue weighted by Gasteiger charge is 2.18. The lowest BCUT2D eigenvalue weighted by Gasteiger charge is -2.17. The normalized spacial score (nSPS) is 12.9. The lowest BCUT2D eigenvalue weighted by atomic mass is 10.0. The quantitative estimate of drug-likeness (QED) is 0.679. The van der Waals surface area contributed by atoms with Gasteiger partial charge in [-0.2, -0.15) is 0 Å². The van der Waals surface area contributed by atoms with Gasteiger partial charge < -0.3 is 4.74 Å². The summed E-state index contributed by atoms with van der Waals surface area (Å²) in [6, 6.07) is 4.00. The van der Waals surface area contributed by atoms with E-state index in [-0.39, 0.29) is 6.10 Å². The van der Waals surface area contributed by atoms with Crippen molar-refractivity contribution in [2.45, 2.75) is 20.0 Å². The van der Waals surface area contributed by atoms with Crippen molar-refractivity contribution in [1.29, 1.82) is 0 Å². The second kappa shape index (κ2) is 4.96. The van der Waals surface area contributed by atoms with Gasteiger partial charge >= 0.3 is 0 Å². The second-order valence-electron chi connectivity index (χ2n) is 3.58. The summed E-state index contributed by atoms with van der Waals surface area (Å²) in [6.07, 6.45) is 3.92. The first-order chi connectivity index (χ1) is 6.69.